The number of furan rings is 1. The molecule has 2 heteroatoms. The molecule has 3 rings (SSSR count). The van der Waals surface area contributed by atoms with E-state index in [2.05, 4.69) is 49.5 Å². The summed E-state index contributed by atoms with van der Waals surface area (Å²) in [7, 11) is 0. The second kappa shape index (κ2) is 5.22. The first-order valence-electron chi connectivity index (χ1n) is 7.13. The molecule has 0 amide bonds. The fourth-order valence-corrected chi connectivity index (χ4v) is 3.12. The van der Waals surface area contributed by atoms with Gasteiger partial charge in [0.15, 0.2) is 0 Å². The van der Waals surface area contributed by atoms with E-state index in [9.17, 15) is 0 Å². The lowest BCUT2D eigenvalue weighted by atomic mass is 9.92. The standard InChI is InChI=1S/C17H21NO/c1-12-6-3-4-7-14(12)13(2)18-16-8-5-9-17-15(16)10-11-19-17/h3-4,6-7,10-11,13,16,18H,5,8-9H2,1-2H3/t13-,16?/m1/s1. The third kappa shape index (κ3) is 2.45. The summed E-state index contributed by atoms with van der Waals surface area (Å²) >= 11 is 0. The van der Waals surface area contributed by atoms with Gasteiger partial charge >= 0.3 is 0 Å². The van der Waals surface area contributed by atoms with Crippen LogP contribution in [0.1, 0.15) is 54.3 Å². The number of hydrogen-bond donors (Lipinski definition) is 1. The van der Waals surface area contributed by atoms with Crippen LogP contribution in [0.25, 0.3) is 0 Å². The third-order valence-electron chi connectivity index (χ3n) is 4.16. The number of aryl methyl sites for hydroxylation is 2. The largest absolute Gasteiger partial charge is 0.469 e. The monoisotopic (exact) mass is 255 g/mol. The maximum Gasteiger partial charge on any atom is 0.108 e. The van der Waals surface area contributed by atoms with Crippen molar-refractivity contribution in [1.82, 2.24) is 5.32 Å². The van der Waals surface area contributed by atoms with E-state index in [1.165, 1.54) is 35.3 Å². The van der Waals surface area contributed by atoms with Gasteiger partial charge in [-0.15, -0.1) is 0 Å². The van der Waals surface area contributed by atoms with Gasteiger partial charge in [0, 0.05) is 24.1 Å². The summed E-state index contributed by atoms with van der Waals surface area (Å²) in [4.78, 5) is 0. The van der Waals surface area contributed by atoms with Crippen molar-refractivity contribution >= 4 is 0 Å². The zero-order chi connectivity index (χ0) is 13.2. The molecule has 100 valence electrons. The van der Waals surface area contributed by atoms with Crippen LogP contribution in [-0.2, 0) is 6.42 Å². The van der Waals surface area contributed by atoms with E-state index < -0.39 is 0 Å². The second-order valence-electron chi connectivity index (χ2n) is 5.49. The van der Waals surface area contributed by atoms with E-state index in [-0.39, 0.29) is 0 Å². The summed E-state index contributed by atoms with van der Waals surface area (Å²) in [5.41, 5.74) is 4.09. The topological polar surface area (TPSA) is 25.2 Å². The smallest absolute Gasteiger partial charge is 0.108 e. The minimum absolute atomic E-state index is 0.368. The molecule has 19 heavy (non-hydrogen) atoms. The Balaban J connectivity index is 1.78. The van der Waals surface area contributed by atoms with Crippen molar-refractivity contribution in [1.29, 1.82) is 0 Å². The van der Waals surface area contributed by atoms with Gasteiger partial charge in [0.05, 0.1) is 6.26 Å². The van der Waals surface area contributed by atoms with Gasteiger partial charge in [0.1, 0.15) is 5.76 Å². The molecule has 0 saturated carbocycles. The fourth-order valence-electron chi connectivity index (χ4n) is 3.12. The molecule has 0 radical (unpaired) electrons. The van der Waals surface area contributed by atoms with Gasteiger partial charge in [-0.1, -0.05) is 24.3 Å². The Kier molecular flexibility index (Phi) is 3.43. The van der Waals surface area contributed by atoms with Gasteiger partial charge in [-0.05, 0) is 43.9 Å². The van der Waals surface area contributed by atoms with Gasteiger partial charge in [-0.25, -0.2) is 0 Å². The van der Waals surface area contributed by atoms with Crippen molar-refractivity contribution in [2.75, 3.05) is 0 Å². The van der Waals surface area contributed by atoms with Gasteiger partial charge in [0.2, 0.25) is 0 Å². The van der Waals surface area contributed by atoms with Crippen molar-refractivity contribution in [2.45, 2.75) is 45.2 Å². The van der Waals surface area contributed by atoms with E-state index in [1.807, 2.05) is 6.26 Å². The Morgan fingerprint density at radius 1 is 1.26 bits per heavy atom. The Hall–Kier alpha value is -1.54. The molecule has 0 spiro atoms. The van der Waals surface area contributed by atoms with Crippen molar-refractivity contribution in [3.8, 4) is 0 Å². The first-order valence-corrected chi connectivity index (χ1v) is 7.13. The molecule has 1 aliphatic carbocycles. The molecule has 1 heterocycles. The summed E-state index contributed by atoms with van der Waals surface area (Å²) in [5.74, 6) is 1.17. The minimum atomic E-state index is 0.368. The van der Waals surface area contributed by atoms with Crippen molar-refractivity contribution < 1.29 is 4.42 Å². The highest BCUT2D eigenvalue weighted by molar-refractivity contribution is 5.30. The molecule has 1 N–H and O–H groups in total. The quantitative estimate of drug-likeness (QED) is 0.883. The minimum Gasteiger partial charge on any atom is -0.469 e. The van der Waals surface area contributed by atoms with Crippen LogP contribution in [0.15, 0.2) is 41.0 Å². The Morgan fingerprint density at radius 2 is 2.11 bits per heavy atom. The number of fused-ring (bicyclic) bond motifs is 1. The molecule has 0 saturated heterocycles. The van der Waals surface area contributed by atoms with Crippen LogP contribution >= 0.6 is 0 Å². The second-order valence-corrected chi connectivity index (χ2v) is 5.49. The molecule has 2 aromatic rings. The Bertz CT molecular complexity index is 558. The first kappa shape index (κ1) is 12.5. The molecule has 1 aromatic carbocycles. The summed E-state index contributed by atoms with van der Waals surface area (Å²) in [6, 6.07) is 11.5. The molecule has 0 bridgehead atoms. The van der Waals surface area contributed by atoms with Crippen LogP contribution in [0, 0.1) is 6.92 Å². The molecule has 1 aliphatic rings. The maximum atomic E-state index is 5.56. The third-order valence-corrected chi connectivity index (χ3v) is 4.16. The predicted molar refractivity (Wildman–Crippen MR) is 77.1 cm³/mol. The lowest BCUT2D eigenvalue weighted by Gasteiger charge is -2.27. The molecular formula is C17H21NO. The summed E-state index contributed by atoms with van der Waals surface area (Å²) < 4.78 is 5.56. The van der Waals surface area contributed by atoms with E-state index >= 15 is 0 Å². The van der Waals surface area contributed by atoms with Gasteiger partial charge in [-0.2, -0.15) is 0 Å². The molecule has 1 unspecified atom stereocenters. The Morgan fingerprint density at radius 3 is 2.95 bits per heavy atom. The SMILES string of the molecule is Cc1ccccc1[C@@H](C)NC1CCCc2occc21. The van der Waals surface area contributed by atoms with Gasteiger partial charge < -0.3 is 9.73 Å². The molecule has 1 aromatic heterocycles. The fraction of sp³-hybridized carbons (Fsp3) is 0.412. The van der Waals surface area contributed by atoms with E-state index in [0.29, 0.717) is 12.1 Å². The van der Waals surface area contributed by atoms with Crippen LogP contribution < -0.4 is 5.32 Å². The molecule has 2 nitrogen and oxygen atoms in total. The zero-order valence-corrected chi connectivity index (χ0v) is 11.6. The first-order chi connectivity index (χ1) is 9.25. The van der Waals surface area contributed by atoms with Crippen LogP contribution in [-0.4, -0.2) is 0 Å². The number of benzene rings is 1. The summed E-state index contributed by atoms with van der Waals surface area (Å²) in [6.07, 6.45) is 5.31. The van der Waals surface area contributed by atoms with E-state index in [4.69, 9.17) is 4.42 Å². The number of rotatable bonds is 3. The lowest BCUT2D eigenvalue weighted by molar-refractivity contribution is 0.385. The average Bonchev–Trinajstić information content (AvgIpc) is 2.88. The highest BCUT2D eigenvalue weighted by Gasteiger charge is 2.24. The highest BCUT2D eigenvalue weighted by Crippen LogP contribution is 2.32. The summed E-state index contributed by atoms with van der Waals surface area (Å²) in [6.45, 7) is 4.42. The van der Waals surface area contributed by atoms with Crippen molar-refractivity contribution in [3.05, 3.63) is 59.0 Å². The lowest BCUT2D eigenvalue weighted by Crippen LogP contribution is -2.27. The van der Waals surface area contributed by atoms with Gasteiger partial charge in [0.25, 0.3) is 0 Å². The van der Waals surface area contributed by atoms with Crippen molar-refractivity contribution in [2.24, 2.45) is 0 Å². The Labute approximate surface area is 114 Å². The van der Waals surface area contributed by atoms with Crippen LogP contribution in [0.3, 0.4) is 0 Å². The molecule has 0 fully saturated rings. The van der Waals surface area contributed by atoms with Gasteiger partial charge in [-0.3, -0.25) is 0 Å². The zero-order valence-electron chi connectivity index (χ0n) is 11.6. The number of hydrogen-bond acceptors (Lipinski definition) is 2. The maximum absolute atomic E-state index is 5.56. The van der Waals surface area contributed by atoms with E-state index in [1.54, 1.807) is 0 Å². The van der Waals surface area contributed by atoms with Crippen LogP contribution in [0.2, 0.25) is 0 Å². The number of nitrogens with one attached hydrogen (secondary N) is 1. The van der Waals surface area contributed by atoms with Crippen LogP contribution in [0.5, 0.6) is 0 Å². The van der Waals surface area contributed by atoms with E-state index in [0.717, 1.165) is 6.42 Å². The van der Waals surface area contributed by atoms with Crippen molar-refractivity contribution in [3.63, 3.8) is 0 Å². The highest BCUT2D eigenvalue weighted by atomic mass is 16.3. The molecule has 2 atom stereocenters. The predicted octanol–water partition coefficient (Wildman–Crippen LogP) is 4.32. The molecule has 0 aliphatic heterocycles. The van der Waals surface area contributed by atoms with Crippen LogP contribution in [0.4, 0.5) is 0 Å². The normalized spacial score (nSPS) is 20.0. The average molecular weight is 255 g/mol. The molecular weight excluding hydrogens is 234 g/mol. The summed E-state index contributed by atoms with van der Waals surface area (Å²) in [5, 5.41) is 3.76.